The molecule has 0 saturated heterocycles. The fourth-order valence-electron chi connectivity index (χ4n) is 2.34. The van der Waals surface area contributed by atoms with E-state index >= 15 is 0 Å². The van der Waals surface area contributed by atoms with Crippen LogP contribution in [0, 0.1) is 5.92 Å². The Kier molecular flexibility index (Phi) is 3.22. The summed E-state index contributed by atoms with van der Waals surface area (Å²) in [6.45, 7) is 0.795. The van der Waals surface area contributed by atoms with Gasteiger partial charge in [0.15, 0.2) is 0 Å². The summed E-state index contributed by atoms with van der Waals surface area (Å²) in [6.07, 6.45) is 2.44. The second-order valence-electron chi connectivity index (χ2n) is 5.23. The molecule has 2 aromatic rings. The van der Waals surface area contributed by atoms with Gasteiger partial charge in [0, 0.05) is 0 Å². The molecule has 0 aliphatic heterocycles. The van der Waals surface area contributed by atoms with Crippen molar-refractivity contribution in [2.45, 2.75) is 18.9 Å². The summed E-state index contributed by atoms with van der Waals surface area (Å²) in [7, 11) is 0. The molecule has 19 heavy (non-hydrogen) atoms. The normalized spacial score (nSPS) is 16.4. The van der Waals surface area contributed by atoms with Gasteiger partial charge in [0.2, 0.25) is 0 Å². The molecule has 2 N–H and O–H groups in total. The van der Waals surface area contributed by atoms with Crippen molar-refractivity contribution >= 4 is 16.7 Å². The summed E-state index contributed by atoms with van der Waals surface area (Å²) < 4.78 is 0. The molecular weight excluding hydrogens is 238 g/mol. The van der Waals surface area contributed by atoms with Gasteiger partial charge < -0.3 is 10.4 Å². The fourth-order valence-corrected chi connectivity index (χ4v) is 2.34. The molecule has 1 aliphatic rings. The topological polar surface area (TPSA) is 49.3 Å². The van der Waals surface area contributed by atoms with E-state index in [9.17, 15) is 9.90 Å². The number of carboxylic acids is 1. The Morgan fingerprint density at radius 2 is 1.95 bits per heavy atom. The molecule has 1 saturated carbocycles. The number of hydrogen-bond donors (Lipinski definition) is 2. The monoisotopic (exact) mass is 255 g/mol. The van der Waals surface area contributed by atoms with Gasteiger partial charge in [-0.15, -0.1) is 0 Å². The number of carbonyl (C=O) groups is 1. The van der Waals surface area contributed by atoms with Gasteiger partial charge >= 0.3 is 5.97 Å². The lowest BCUT2D eigenvalue weighted by atomic mass is 10.0. The summed E-state index contributed by atoms with van der Waals surface area (Å²) >= 11 is 0. The van der Waals surface area contributed by atoms with Crippen LogP contribution in [0.4, 0.5) is 0 Å². The van der Waals surface area contributed by atoms with Crippen LogP contribution in [0.3, 0.4) is 0 Å². The number of nitrogens with one attached hydrogen (secondary N) is 1. The third kappa shape index (κ3) is 2.76. The van der Waals surface area contributed by atoms with Gasteiger partial charge in [-0.1, -0.05) is 36.4 Å². The van der Waals surface area contributed by atoms with E-state index in [-0.39, 0.29) is 0 Å². The summed E-state index contributed by atoms with van der Waals surface area (Å²) in [4.78, 5) is 11.4. The number of rotatable bonds is 5. The Bertz CT molecular complexity index is 604. The minimum atomic E-state index is -0.809. The highest BCUT2D eigenvalue weighted by atomic mass is 16.4. The summed E-state index contributed by atoms with van der Waals surface area (Å²) in [6, 6.07) is 13.3. The van der Waals surface area contributed by atoms with Crippen molar-refractivity contribution in [3.8, 4) is 0 Å². The molecule has 3 heteroatoms. The zero-order chi connectivity index (χ0) is 13.2. The summed E-state index contributed by atoms with van der Waals surface area (Å²) in [5, 5.41) is 14.8. The van der Waals surface area contributed by atoms with E-state index in [0.717, 1.165) is 22.9 Å². The molecule has 0 radical (unpaired) electrons. The fraction of sp³-hybridized carbons (Fsp3) is 0.312. The highest BCUT2D eigenvalue weighted by Gasteiger charge is 2.25. The van der Waals surface area contributed by atoms with Gasteiger partial charge in [0.05, 0.1) is 0 Å². The number of aliphatic carboxylic acids is 1. The molecular formula is C16H17NO2. The SMILES string of the molecule is O=C(O)C(NCC1CC1)c1ccc2ccccc2c1. The largest absolute Gasteiger partial charge is 0.480 e. The minimum absolute atomic E-state index is 0.606. The Morgan fingerprint density at radius 3 is 2.63 bits per heavy atom. The predicted molar refractivity (Wildman–Crippen MR) is 75.1 cm³/mol. The van der Waals surface area contributed by atoms with E-state index < -0.39 is 12.0 Å². The molecule has 1 atom stereocenters. The summed E-state index contributed by atoms with van der Waals surface area (Å²) in [5.41, 5.74) is 0.826. The molecule has 0 bridgehead atoms. The average Bonchev–Trinajstić information content (AvgIpc) is 3.22. The number of fused-ring (bicyclic) bond motifs is 1. The van der Waals surface area contributed by atoms with Crippen molar-refractivity contribution in [3.05, 3.63) is 48.0 Å². The predicted octanol–water partition coefficient (Wildman–Crippen LogP) is 2.97. The lowest BCUT2D eigenvalue weighted by Gasteiger charge is -2.15. The second-order valence-corrected chi connectivity index (χ2v) is 5.23. The molecule has 0 aromatic heterocycles. The Morgan fingerprint density at radius 1 is 1.21 bits per heavy atom. The second kappa shape index (κ2) is 5.02. The van der Waals surface area contributed by atoms with Gasteiger partial charge in [-0.2, -0.15) is 0 Å². The maximum absolute atomic E-state index is 11.4. The van der Waals surface area contributed by atoms with Gasteiger partial charge in [0.1, 0.15) is 6.04 Å². The van der Waals surface area contributed by atoms with E-state index in [1.54, 1.807) is 0 Å². The van der Waals surface area contributed by atoms with E-state index in [2.05, 4.69) is 5.32 Å². The maximum atomic E-state index is 11.4. The van der Waals surface area contributed by atoms with Crippen LogP contribution in [-0.2, 0) is 4.79 Å². The number of benzene rings is 2. The summed E-state index contributed by atoms with van der Waals surface area (Å²) in [5.74, 6) is -0.141. The minimum Gasteiger partial charge on any atom is -0.480 e. The Hall–Kier alpha value is -1.87. The lowest BCUT2D eigenvalue weighted by Crippen LogP contribution is -2.30. The van der Waals surface area contributed by atoms with Crippen molar-refractivity contribution in [2.75, 3.05) is 6.54 Å². The molecule has 1 unspecified atom stereocenters. The van der Waals surface area contributed by atoms with Crippen LogP contribution >= 0.6 is 0 Å². The molecule has 0 amide bonds. The zero-order valence-electron chi connectivity index (χ0n) is 10.7. The smallest absolute Gasteiger partial charge is 0.325 e. The van der Waals surface area contributed by atoms with Gasteiger partial charge in [-0.05, 0) is 47.7 Å². The quantitative estimate of drug-likeness (QED) is 0.863. The van der Waals surface area contributed by atoms with Crippen molar-refractivity contribution in [2.24, 2.45) is 5.92 Å². The highest BCUT2D eigenvalue weighted by Crippen LogP contribution is 2.29. The molecule has 3 nitrogen and oxygen atoms in total. The van der Waals surface area contributed by atoms with Crippen molar-refractivity contribution in [1.29, 1.82) is 0 Å². The first kappa shape index (κ1) is 12.2. The number of carboxylic acid groups (broad SMARTS) is 1. The van der Waals surface area contributed by atoms with Gasteiger partial charge in [0.25, 0.3) is 0 Å². The first-order chi connectivity index (χ1) is 9.24. The van der Waals surface area contributed by atoms with Crippen molar-refractivity contribution < 1.29 is 9.90 Å². The molecule has 2 aromatic carbocycles. The van der Waals surface area contributed by atoms with Gasteiger partial charge in [-0.25, -0.2) is 0 Å². The van der Waals surface area contributed by atoms with Crippen LogP contribution < -0.4 is 5.32 Å². The molecule has 0 spiro atoms. The van der Waals surface area contributed by atoms with Crippen molar-refractivity contribution in [3.63, 3.8) is 0 Å². The zero-order valence-corrected chi connectivity index (χ0v) is 10.7. The van der Waals surface area contributed by atoms with E-state index in [4.69, 9.17) is 0 Å². The number of hydrogen-bond acceptors (Lipinski definition) is 2. The molecule has 0 heterocycles. The first-order valence-electron chi connectivity index (χ1n) is 6.69. The van der Waals surface area contributed by atoms with Crippen LogP contribution in [0.1, 0.15) is 24.4 Å². The Balaban J connectivity index is 1.87. The Labute approximate surface area is 112 Å². The van der Waals surface area contributed by atoms with Crippen molar-refractivity contribution in [1.82, 2.24) is 5.32 Å². The molecule has 1 aliphatic carbocycles. The van der Waals surface area contributed by atoms with Crippen LogP contribution in [0.5, 0.6) is 0 Å². The third-order valence-electron chi connectivity index (χ3n) is 3.66. The molecule has 3 rings (SSSR count). The highest BCUT2D eigenvalue weighted by molar-refractivity contribution is 5.85. The molecule has 1 fully saturated rings. The van der Waals surface area contributed by atoms with Gasteiger partial charge in [-0.3, -0.25) is 4.79 Å². The van der Waals surface area contributed by atoms with Crippen LogP contribution in [0.2, 0.25) is 0 Å². The first-order valence-corrected chi connectivity index (χ1v) is 6.69. The van der Waals surface area contributed by atoms with Crippen LogP contribution in [0.25, 0.3) is 10.8 Å². The average molecular weight is 255 g/mol. The maximum Gasteiger partial charge on any atom is 0.325 e. The van der Waals surface area contributed by atoms with Crippen LogP contribution in [-0.4, -0.2) is 17.6 Å². The molecule has 98 valence electrons. The lowest BCUT2D eigenvalue weighted by molar-refractivity contribution is -0.139. The van der Waals surface area contributed by atoms with E-state index in [0.29, 0.717) is 5.92 Å². The standard InChI is InChI=1S/C16H17NO2/c18-16(19)15(17-10-11-5-6-11)14-8-7-12-3-1-2-4-13(12)9-14/h1-4,7-9,11,15,17H,5-6,10H2,(H,18,19). The van der Waals surface area contributed by atoms with E-state index in [1.165, 1.54) is 12.8 Å². The van der Waals surface area contributed by atoms with Crippen LogP contribution in [0.15, 0.2) is 42.5 Å². The van der Waals surface area contributed by atoms with E-state index in [1.807, 2.05) is 42.5 Å². The third-order valence-corrected chi connectivity index (χ3v) is 3.66.